The standard InChI is InChI=1S/C19H24N2O7/c1-12-15(16(23)26-11-13-8-6-5-7-9-13)21(18(25)27-12)14(22)10-20-17(24)28-19(2,3)4/h5-9,12,15H,10-11H2,1-4H3,(H,20,24)/t12-,15+/m1/s1. The van der Waals surface area contributed by atoms with Gasteiger partial charge >= 0.3 is 18.2 Å². The van der Waals surface area contributed by atoms with E-state index >= 15 is 0 Å². The molecule has 0 aromatic heterocycles. The molecule has 0 aliphatic carbocycles. The van der Waals surface area contributed by atoms with E-state index in [9.17, 15) is 19.2 Å². The molecule has 0 unspecified atom stereocenters. The molecule has 2 rings (SSSR count). The molecule has 9 heteroatoms. The molecule has 0 bridgehead atoms. The van der Waals surface area contributed by atoms with Crippen LogP contribution in [0.1, 0.15) is 33.3 Å². The van der Waals surface area contributed by atoms with Crippen molar-refractivity contribution in [3.8, 4) is 0 Å². The van der Waals surface area contributed by atoms with Crippen LogP contribution in [0.25, 0.3) is 0 Å². The topological polar surface area (TPSA) is 111 Å². The van der Waals surface area contributed by atoms with Crippen LogP contribution < -0.4 is 5.32 Å². The normalized spacial score (nSPS) is 19.0. The van der Waals surface area contributed by atoms with Gasteiger partial charge in [-0.25, -0.2) is 19.3 Å². The lowest BCUT2D eigenvalue weighted by atomic mass is 10.1. The Bertz CT molecular complexity index is 742. The molecule has 1 aromatic rings. The summed E-state index contributed by atoms with van der Waals surface area (Å²) >= 11 is 0. The van der Waals surface area contributed by atoms with Gasteiger partial charge < -0.3 is 19.5 Å². The number of carbonyl (C=O) groups excluding carboxylic acids is 4. The van der Waals surface area contributed by atoms with Gasteiger partial charge in [0.1, 0.15) is 24.9 Å². The van der Waals surface area contributed by atoms with Gasteiger partial charge in [0.2, 0.25) is 0 Å². The van der Waals surface area contributed by atoms with Crippen molar-refractivity contribution in [3.05, 3.63) is 35.9 Å². The molecule has 1 saturated heterocycles. The summed E-state index contributed by atoms with van der Waals surface area (Å²) in [6.07, 6.45) is -2.66. The lowest BCUT2D eigenvalue weighted by Crippen LogP contribution is -2.50. The summed E-state index contributed by atoms with van der Waals surface area (Å²) in [6, 6.07) is 7.75. The van der Waals surface area contributed by atoms with Crippen LogP contribution in [-0.4, -0.2) is 53.3 Å². The second-order valence-electron chi connectivity index (χ2n) is 7.25. The zero-order valence-corrected chi connectivity index (χ0v) is 16.3. The number of amides is 3. The fourth-order valence-corrected chi connectivity index (χ4v) is 2.52. The van der Waals surface area contributed by atoms with Crippen molar-refractivity contribution in [2.45, 2.75) is 52.0 Å². The highest BCUT2D eigenvalue weighted by Gasteiger charge is 2.48. The van der Waals surface area contributed by atoms with Gasteiger partial charge in [-0.3, -0.25) is 4.79 Å². The Labute approximate surface area is 162 Å². The molecule has 1 aliphatic rings. The predicted octanol–water partition coefficient (Wildman–Crippen LogP) is 1.99. The van der Waals surface area contributed by atoms with Crippen LogP contribution in [0, 0.1) is 0 Å². The first-order chi connectivity index (χ1) is 13.1. The summed E-state index contributed by atoms with van der Waals surface area (Å²) in [7, 11) is 0. The summed E-state index contributed by atoms with van der Waals surface area (Å²) in [5.41, 5.74) is 0.0241. The van der Waals surface area contributed by atoms with Gasteiger partial charge in [-0.05, 0) is 33.3 Å². The first-order valence-corrected chi connectivity index (χ1v) is 8.78. The second kappa shape index (κ2) is 8.73. The molecule has 2 atom stereocenters. The lowest BCUT2D eigenvalue weighted by molar-refractivity contribution is -0.153. The Kier molecular flexibility index (Phi) is 6.61. The quantitative estimate of drug-likeness (QED) is 0.602. The van der Waals surface area contributed by atoms with E-state index in [0.29, 0.717) is 4.90 Å². The Morgan fingerprint density at radius 1 is 1.18 bits per heavy atom. The maximum atomic E-state index is 12.5. The maximum absolute atomic E-state index is 12.5. The lowest BCUT2D eigenvalue weighted by Gasteiger charge is -2.22. The number of nitrogens with one attached hydrogen (secondary N) is 1. The summed E-state index contributed by atoms with van der Waals surface area (Å²) in [5.74, 6) is -1.57. The van der Waals surface area contributed by atoms with E-state index in [1.165, 1.54) is 6.92 Å². The highest BCUT2D eigenvalue weighted by atomic mass is 16.6. The van der Waals surface area contributed by atoms with Crippen LogP contribution >= 0.6 is 0 Å². The third kappa shape index (κ3) is 5.70. The first-order valence-electron chi connectivity index (χ1n) is 8.78. The fourth-order valence-electron chi connectivity index (χ4n) is 2.52. The number of esters is 1. The number of cyclic esters (lactones) is 1. The van der Waals surface area contributed by atoms with Crippen LogP contribution in [0.15, 0.2) is 30.3 Å². The zero-order valence-electron chi connectivity index (χ0n) is 16.3. The van der Waals surface area contributed by atoms with Gasteiger partial charge in [0, 0.05) is 0 Å². The number of hydrogen-bond donors (Lipinski definition) is 1. The summed E-state index contributed by atoms with van der Waals surface area (Å²) in [6.45, 7) is 5.97. The van der Waals surface area contributed by atoms with E-state index in [2.05, 4.69) is 5.32 Å². The maximum Gasteiger partial charge on any atom is 0.417 e. The van der Waals surface area contributed by atoms with Gasteiger partial charge in [-0.2, -0.15) is 0 Å². The molecule has 28 heavy (non-hydrogen) atoms. The van der Waals surface area contributed by atoms with E-state index in [0.717, 1.165) is 5.56 Å². The Hall–Kier alpha value is -3.10. The molecule has 9 nitrogen and oxygen atoms in total. The number of hydrogen-bond acceptors (Lipinski definition) is 7. The minimum Gasteiger partial charge on any atom is -0.459 e. The highest BCUT2D eigenvalue weighted by molar-refractivity contribution is 6.00. The Morgan fingerprint density at radius 2 is 1.82 bits per heavy atom. The molecular formula is C19H24N2O7. The minimum absolute atomic E-state index is 0.00469. The Morgan fingerprint density at radius 3 is 2.43 bits per heavy atom. The number of ether oxygens (including phenoxy) is 3. The van der Waals surface area contributed by atoms with Crippen molar-refractivity contribution in [3.63, 3.8) is 0 Å². The summed E-state index contributed by atoms with van der Waals surface area (Å²) in [5, 5.41) is 2.26. The predicted molar refractivity (Wildman–Crippen MR) is 97.1 cm³/mol. The van der Waals surface area contributed by atoms with Gasteiger partial charge in [-0.15, -0.1) is 0 Å². The molecule has 0 radical (unpaired) electrons. The van der Waals surface area contributed by atoms with E-state index in [-0.39, 0.29) is 6.61 Å². The third-order valence-electron chi connectivity index (χ3n) is 3.72. The summed E-state index contributed by atoms with van der Waals surface area (Å²) in [4.78, 5) is 49.2. The van der Waals surface area contributed by atoms with Crippen LogP contribution in [0.3, 0.4) is 0 Å². The minimum atomic E-state index is -1.23. The summed E-state index contributed by atoms with van der Waals surface area (Å²) < 4.78 is 15.2. The molecule has 1 N–H and O–H groups in total. The third-order valence-corrected chi connectivity index (χ3v) is 3.72. The van der Waals surface area contributed by atoms with Crippen molar-refractivity contribution in [1.82, 2.24) is 10.2 Å². The van der Waals surface area contributed by atoms with Crippen molar-refractivity contribution < 1.29 is 33.4 Å². The molecule has 0 spiro atoms. The fraction of sp³-hybridized carbons (Fsp3) is 0.474. The molecule has 0 saturated carbocycles. The Balaban J connectivity index is 1.98. The SMILES string of the molecule is C[C@H]1OC(=O)N(C(=O)CNC(=O)OC(C)(C)C)[C@@H]1C(=O)OCc1ccccc1. The molecule has 1 aromatic carbocycles. The molecule has 3 amide bonds. The van der Waals surface area contributed by atoms with Gasteiger partial charge in [0.15, 0.2) is 6.04 Å². The molecular weight excluding hydrogens is 368 g/mol. The van der Waals surface area contributed by atoms with Gasteiger partial charge in [-0.1, -0.05) is 30.3 Å². The largest absolute Gasteiger partial charge is 0.459 e. The molecule has 152 valence electrons. The van der Waals surface area contributed by atoms with Crippen LogP contribution in [-0.2, 0) is 30.4 Å². The van der Waals surface area contributed by atoms with E-state index in [1.807, 2.05) is 6.07 Å². The number of benzene rings is 1. The van der Waals surface area contributed by atoms with E-state index in [4.69, 9.17) is 14.2 Å². The van der Waals surface area contributed by atoms with Crippen molar-refractivity contribution in [2.24, 2.45) is 0 Å². The van der Waals surface area contributed by atoms with Crippen LogP contribution in [0.5, 0.6) is 0 Å². The van der Waals surface area contributed by atoms with E-state index in [1.54, 1.807) is 45.0 Å². The smallest absolute Gasteiger partial charge is 0.417 e. The number of nitrogens with zero attached hydrogens (tertiary/aromatic N) is 1. The molecule has 1 heterocycles. The number of rotatable bonds is 5. The van der Waals surface area contributed by atoms with Gasteiger partial charge in [0.05, 0.1) is 0 Å². The average molecular weight is 392 g/mol. The van der Waals surface area contributed by atoms with Crippen molar-refractivity contribution >= 4 is 24.1 Å². The average Bonchev–Trinajstić information content (AvgIpc) is 2.91. The monoisotopic (exact) mass is 392 g/mol. The van der Waals surface area contributed by atoms with E-state index < -0.39 is 48.4 Å². The second-order valence-corrected chi connectivity index (χ2v) is 7.25. The highest BCUT2D eigenvalue weighted by Crippen LogP contribution is 2.21. The number of carbonyl (C=O) groups is 4. The molecule has 1 aliphatic heterocycles. The van der Waals surface area contributed by atoms with Crippen LogP contribution in [0.2, 0.25) is 0 Å². The zero-order chi connectivity index (χ0) is 20.9. The van der Waals surface area contributed by atoms with Gasteiger partial charge in [0.25, 0.3) is 5.91 Å². The van der Waals surface area contributed by atoms with Crippen LogP contribution in [0.4, 0.5) is 9.59 Å². The van der Waals surface area contributed by atoms with Crippen molar-refractivity contribution in [1.29, 1.82) is 0 Å². The first kappa shape index (κ1) is 21.2. The number of imide groups is 1. The van der Waals surface area contributed by atoms with Crippen molar-refractivity contribution in [2.75, 3.05) is 6.54 Å². The number of alkyl carbamates (subject to hydrolysis) is 1. The molecule has 1 fully saturated rings.